The fraction of sp³-hybridized carbons (Fsp3) is 0.328. The molecule has 4 atom stereocenters. The SMILES string of the molecule is CC[C@@]1(O)C(=O)OCc2c1cc1n(c2=O)Cc2c-1nc1cc(F)c(C)c3c1c2[C@@H](NC(=O)COCNC(=O)CNC(=O)[C@H](Cc1ccccc1)NC(=O)CNC(=O)CNC(=O)[C@H](CC(=O)OCc1ccccc1)NC(=O)OCc1ccccc1)CC3. The number of aryl methyl sites for hydroxylation is 1. The number of nitrogens with zero attached hydrogens (tertiary/aromatic N) is 2. The molecule has 86 heavy (non-hydrogen) atoms. The predicted molar refractivity (Wildman–Crippen MR) is 303 cm³/mol. The Morgan fingerprint density at radius 2 is 1.36 bits per heavy atom. The van der Waals surface area contributed by atoms with Crippen LogP contribution in [-0.4, -0.2) is 113 Å². The Hall–Kier alpha value is -9.88. The minimum atomic E-state index is -2.07. The normalized spacial score (nSPS) is 15.9. The summed E-state index contributed by atoms with van der Waals surface area (Å²) in [6, 6.07) is 25.5. The standard InChI is InChI=1S/C61H62FN9O15/c1-3-61(82)41-22-47-55-39(28-71(47)58(79)40(41)31-85-59(61)80)54-43(20-19-38-34(2)42(62)23-44(69-55)53(38)54)67-51(75)32-83-33-66-49(73)26-65-56(77)45(21-35-13-7-4-8-14-35)68-50(74)27-63-48(72)25-64-57(78)46(24-52(76)84-29-36-15-9-5-10-16-36)70-60(81)86-30-37-17-11-6-12-18-37/h4-18,22-23,43,45-46,82H,3,19-21,24-33H2,1-2H3,(H,63,72)(H,64,78)(H,65,77)(H,66,73)(H,67,75)(H,68,74)(H,70,81)/t43-,45-,46-,61-/m0/s1. The lowest BCUT2D eigenvalue weighted by Gasteiger charge is -2.31. The number of fused-ring (bicyclic) bond motifs is 5. The van der Waals surface area contributed by atoms with Crippen LogP contribution in [0.15, 0.2) is 108 Å². The molecule has 0 bridgehead atoms. The molecule has 0 fully saturated rings. The Kier molecular flexibility index (Phi) is 19.2. The zero-order valence-electron chi connectivity index (χ0n) is 46.9. The van der Waals surface area contributed by atoms with E-state index >= 15 is 4.39 Å². The van der Waals surface area contributed by atoms with Crippen molar-refractivity contribution in [3.05, 3.63) is 169 Å². The van der Waals surface area contributed by atoms with E-state index < -0.39 is 128 Å². The van der Waals surface area contributed by atoms with Crippen LogP contribution in [-0.2, 0) is 102 Å². The maximum atomic E-state index is 15.4. The number of esters is 2. The molecule has 4 heterocycles. The van der Waals surface area contributed by atoms with E-state index in [-0.39, 0.29) is 50.3 Å². The molecule has 0 saturated carbocycles. The first-order chi connectivity index (χ1) is 41.4. The fourth-order valence-electron chi connectivity index (χ4n) is 10.5. The highest BCUT2D eigenvalue weighted by Gasteiger charge is 2.46. The number of benzene rings is 4. The van der Waals surface area contributed by atoms with Crippen molar-refractivity contribution in [2.24, 2.45) is 0 Å². The smallest absolute Gasteiger partial charge is 0.408 e. The molecule has 0 saturated heterocycles. The van der Waals surface area contributed by atoms with Crippen molar-refractivity contribution < 1.29 is 71.6 Å². The largest absolute Gasteiger partial charge is 0.461 e. The lowest BCUT2D eigenvalue weighted by Crippen LogP contribution is -2.53. The van der Waals surface area contributed by atoms with Crippen molar-refractivity contribution in [3.8, 4) is 11.4 Å². The van der Waals surface area contributed by atoms with Crippen LogP contribution < -0.4 is 42.8 Å². The van der Waals surface area contributed by atoms with Gasteiger partial charge in [-0.15, -0.1) is 0 Å². The van der Waals surface area contributed by atoms with E-state index in [0.717, 1.165) is 0 Å². The minimum absolute atomic E-state index is 0.0245. The summed E-state index contributed by atoms with van der Waals surface area (Å²) in [5.74, 6) is -6.82. The number of carbonyl (C=O) groups excluding carboxylic acids is 9. The van der Waals surface area contributed by atoms with Gasteiger partial charge in [0.05, 0.1) is 61.1 Å². The maximum Gasteiger partial charge on any atom is 0.408 e. The summed E-state index contributed by atoms with van der Waals surface area (Å²) >= 11 is 0. The van der Waals surface area contributed by atoms with Crippen molar-refractivity contribution in [2.45, 2.75) is 96.0 Å². The molecule has 0 unspecified atom stereocenters. The van der Waals surface area contributed by atoms with Gasteiger partial charge >= 0.3 is 18.0 Å². The number of halogens is 1. The highest BCUT2D eigenvalue weighted by molar-refractivity contribution is 5.96. The fourth-order valence-corrected chi connectivity index (χ4v) is 10.5. The van der Waals surface area contributed by atoms with Crippen LogP contribution in [0.4, 0.5) is 9.18 Å². The number of amides is 7. The minimum Gasteiger partial charge on any atom is -0.461 e. The Morgan fingerprint density at radius 3 is 2.02 bits per heavy atom. The molecule has 6 aromatic rings. The molecule has 9 rings (SSSR count). The van der Waals surface area contributed by atoms with Crippen molar-refractivity contribution in [1.82, 2.24) is 46.8 Å². The summed E-state index contributed by atoms with van der Waals surface area (Å²) in [5.41, 5.74) is 3.00. The molecule has 1 aliphatic carbocycles. The molecule has 0 radical (unpaired) electrons. The van der Waals surface area contributed by atoms with Gasteiger partial charge in [-0.25, -0.2) is 19.0 Å². The molecule has 2 aliphatic heterocycles. The summed E-state index contributed by atoms with van der Waals surface area (Å²) in [6.07, 6.45) is -0.990. The lowest BCUT2D eigenvalue weighted by molar-refractivity contribution is -0.172. The number of ether oxygens (including phenoxy) is 4. The Balaban J connectivity index is 0.752. The van der Waals surface area contributed by atoms with Gasteiger partial charge in [-0.1, -0.05) is 97.9 Å². The summed E-state index contributed by atoms with van der Waals surface area (Å²) in [7, 11) is 0. The summed E-state index contributed by atoms with van der Waals surface area (Å²) in [4.78, 5) is 137. The van der Waals surface area contributed by atoms with E-state index in [1.54, 1.807) is 111 Å². The summed E-state index contributed by atoms with van der Waals surface area (Å²) < 4.78 is 38.1. The number of aromatic nitrogens is 2. The second-order valence-electron chi connectivity index (χ2n) is 20.7. The van der Waals surface area contributed by atoms with E-state index in [1.165, 1.54) is 10.6 Å². The quantitative estimate of drug-likeness (QED) is 0.0186. The first-order valence-electron chi connectivity index (χ1n) is 27.7. The Morgan fingerprint density at radius 1 is 0.744 bits per heavy atom. The van der Waals surface area contributed by atoms with E-state index in [2.05, 4.69) is 37.2 Å². The van der Waals surface area contributed by atoms with Crippen LogP contribution in [0.2, 0.25) is 0 Å². The van der Waals surface area contributed by atoms with Crippen molar-refractivity contribution in [3.63, 3.8) is 0 Å². The molecule has 3 aliphatic rings. The Bertz CT molecular complexity index is 3620. The molecule has 2 aromatic heterocycles. The van der Waals surface area contributed by atoms with Gasteiger partial charge in [-0.2, -0.15) is 0 Å². The Labute approximate surface area is 490 Å². The van der Waals surface area contributed by atoms with Gasteiger partial charge < -0.3 is 65.8 Å². The average molecular weight is 1180 g/mol. The molecule has 24 nitrogen and oxygen atoms in total. The number of aliphatic hydroxyl groups is 1. The molecule has 4 aromatic carbocycles. The van der Waals surface area contributed by atoms with Crippen molar-refractivity contribution in [1.29, 1.82) is 0 Å². The second kappa shape index (κ2) is 27.2. The van der Waals surface area contributed by atoms with Crippen LogP contribution in [0.1, 0.15) is 82.3 Å². The van der Waals surface area contributed by atoms with Crippen LogP contribution in [0, 0.1) is 12.7 Å². The molecule has 7 amide bonds. The van der Waals surface area contributed by atoms with Gasteiger partial charge in [0.25, 0.3) is 5.56 Å². The lowest BCUT2D eigenvalue weighted by atomic mass is 9.81. The third-order valence-electron chi connectivity index (χ3n) is 15.0. The van der Waals surface area contributed by atoms with E-state index in [9.17, 15) is 53.1 Å². The highest BCUT2D eigenvalue weighted by Crippen LogP contribution is 2.46. The number of hydrogen-bond donors (Lipinski definition) is 8. The third-order valence-corrected chi connectivity index (χ3v) is 15.0. The number of carbonyl (C=O) groups is 9. The average Bonchev–Trinajstić information content (AvgIpc) is 1.47. The van der Waals surface area contributed by atoms with Gasteiger partial charge in [0, 0.05) is 29.0 Å². The summed E-state index contributed by atoms with van der Waals surface area (Å²) in [6.45, 7) is -0.154. The van der Waals surface area contributed by atoms with Crippen molar-refractivity contribution in [2.75, 3.05) is 33.0 Å². The molecule has 448 valence electrons. The zero-order valence-corrected chi connectivity index (χ0v) is 46.9. The van der Waals surface area contributed by atoms with Gasteiger partial charge in [-0.3, -0.25) is 38.4 Å². The second-order valence-corrected chi connectivity index (χ2v) is 20.7. The van der Waals surface area contributed by atoms with Crippen molar-refractivity contribution >= 4 is 64.4 Å². The number of alkyl carbamates (subject to hydrolysis) is 1. The first kappa shape index (κ1) is 60.7. The number of nitrogens with one attached hydrogen (secondary N) is 7. The van der Waals surface area contributed by atoms with E-state index in [0.29, 0.717) is 74.1 Å². The van der Waals surface area contributed by atoms with E-state index in [1.807, 2.05) is 0 Å². The zero-order chi connectivity index (χ0) is 61.1. The van der Waals surface area contributed by atoms with Gasteiger partial charge in [0.15, 0.2) is 5.60 Å². The molecular formula is C61H62FN9O15. The maximum absolute atomic E-state index is 15.4. The molecular weight excluding hydrogens is 1120 g/mol. The third kappa shape index (κ3) is 14.2. The van der Waals surface area contributed by atoms with Gasteiger partial charge in [0.1, 0.15) is 51.1 Å². The number of cyclic esters (lactones) is 1. The molecule has 0 spiro atoms. The highest BCUT2D eigenvalue weighted by atomic mass is 19.1. The van der Waals surface area contributed by atoms with Crippen LogP contribution in [0.25, 0.3) is 22.3 Å². The van der Waals surface area contributed by atoms with Gasteiger partial charge in [0.2, 0.25) is 35.4 Å². The number of pyridine rings is 2. The predicted octanol–water partition coefficient (Wildman–Crippen LogP) is 2.23. The van der Waals surface area contributed by atoms with E-state index in [4.69, 9.17) is 23.9 Å². The van der Waals surface area contributed by atoms with Gasteiger partial charge in [-0.05, 0) is 65.6 Å². The van der Waals surface area contributed by atoms with Crippen LogP contribution in [0.5, 0.6) is 0 Å². The number of hydrogen-bond acceptors (Lipinski definition) is 16. The molecule has 8 N–H and O–H groups in total. The molecule has 25 heteroatoms. The van der Waals surface area contributed by atoms with Crippen LogP contribution in [0.3, 0.4) is 0 Å². The summed E-state index contributed by atoms with van der Waals surface area (Å²) in [5, 5.41) is 29.5. The van der Waals surface area contributed by atoms with Crippen LogP contribution >= 0.6 is 0 Å². The topological polar surface area (TPSA) is 330 Å². The number of rotatable bonds is 24. The monoisotopic (exact) mass is 1180 g/mol. The first-order valence-corrected chi connectivity index (χ1v) is 27.7.